The maximum Gasteiger partial charge on any atom is 0.419 e. The summed E-state index contributed by atoms with van der Waals surface area (Å²) in [5.74, 6) is -0.396. The Labute approximate surface area is 107 Å². The number of aliphatic hydroxyl groups is 1. The molecule has 3 rings (SSSR count). The number of hydrogen-bond donors (Lipinski definition) is 1. The van der Waals surface area contributed by atoms with Crippen LogP contribution in [0.3, 0.4) is 0 Å². The van der Waals surface area contributed by atoms with Crippen molar-refractivity contribution in [3.8, 4) is 0 Å². The summed E-state index contributed by atoms with van der Waals surface area (Å²) >= 11 is 1.49. The van der Waals surface area contributed by atoms with E-state index in [0.717, 1.165) is 16.0 Å². The molecule has 1 aromatic carbocycles. The van der Waals surface area contributed by atoms with Crippen molar-refractivity contribution in [1.82, 2.24) is 4.57 Å². The lowest BCUT2D eigenvalue weighted by molar-refractivity contribution is 0.224. The van der Waals surface area contributed by atoms with Crippen LogP contribution in [0.15, 0.2) is 44.9 Å². The molecular weight excluding hydrogens is 250 g/mol. The van der Waals surface area contributed by atoms with Crippen LogP contribution in [0.4, 0.5) is 0 Å². The summed E-state index contributed by atoms with van der Waals surface area (Å²) in [5.41, 5.74) is 1.94. The molecule has 1 atom stereocenters. The second-order valence-corrected chi connectivity index (χ2v) is 5.05. The molecule has 0 bridgehead atoms. The smallest absolute Gasteiger partial charge is 0.408 e. The van der Waals surface area contributed by atoms with Crippen molar-refractivity contribution in [2.24, 2.45) is 7.05 Å². The van der Waals surface area contributed by atoms with Crippen LogP contribution in [-0.4, -0.2) is 9.67 Å². The van der Waals surface area contributed by atoms with Gasteiger partial charge in [0.25, 0.3) is 0 Å². The zero-order valence-corrected chi connectivity index (χ0v) is 10.5. The Kier molecular flexibility index (Phi) is 2.57. The topological polar surface area (TPSA) is 55.4 Å². The lowest BCUT2D eigenvalue weighted by atomic mass is 10.1. The zero-order chi connectivity index (χ0) is 12.7. The molecule has 0 amide bonds. The molecule has 92 valence electrons. The van der Waals surface area contributed by atoms with Gasteiger partial charge in [-0.25, -0.2) is 4.79 Å². The summed E-state index contributed by atoms with van der Waals surface area (Å²) in [6, 6.07) is 9.07. The fraction of sp³-hybridized carbons (Fsp3) is 0.154. The van der Waals surface area contributed by atoms with Gasteiger partial charge in [-0.15, -0.1) is 11.3 Å². The summed E-state index contributed by atoms with van der Waals surface area (Å²) in [6.07, 6.45) is -0.681. The molecular formula is C13H11NO3S. The highest BCUT2D eigenvalue weighted by Gasteiger charge is 2.14. The number of aryl methyl sites for hydroxylation is 1. The molecule has 0 radical (unpaired) electrons. The standard InChI is InChI=1S/C13H11NO3S/c1-14-9-5-4-8(7-10(9)17-13(14)16)12(15)11-3-2-6-18-11/h2-7,12,15H,1H3. The maximum atomic E-state index is 11.4. The van der Waals surface area contributed by atoms with Gasteiger partial charge >= 0.3 is 5.76 Å². The third-order valence-electron chi connectivity index (χ3n) is 2.94. The molecule has 0 aliphatic rings. The first-order valence-electron chi connectivity index (χ1n) is 5.48. The van der Waals surface area contributed by atoms with E-state index in [1.54, 1.807) is 19.2 Å². The summed E-state index contributed by atoms with van der Waals surface area (Å²) in [6.45, 7) is 0. The fourth-order valence-electron chi connectivity index (χ4n) is 1.93. The van der Waals surface area contributed by atoms with Crippen molar-refractivity contribution in [3.05, 3.63) is 56.7 Å². The zero-order valence-electron chi connectivity index (χ0n) is 9.66. The third kappa shape index (κ3) is 1.68. The molecule has 2 heterocycles. The molecule has 0 aliphatic heterocycles. The quantitative estimate of drug-likeness (QED) is 0.770. The van der Waals surface area contributed by atoms with Crippen molar-refractivity contribution >= 4 is 22.4 Å². The summed E-state index contributed by atoms with van der Waals surface area (Å²) in [7, 11) is 1.66. The highest BCUT2D eigenvalue weighted by atomic mass is 32.1. The molecule has 0 aliphatic carbocycles. The molecule has 18 heavy (non-hydrogen) atoms. The fourth-order valence-corrected chi connectivity index (χ4v) is 2.67. The van der Waals surface area contributed by atoms with Crippen molar-refractivity contribution in [3.63, 3.8) is 0 Å². The second-order valence-electron chi connectivity index (χ2n) is 4.07. The predicted molar refractivity (Wildman–Crippen MR) is 69.8 cm³/mol. The van der Waals surface area contributed by atoms with Crippen LogP contribution in [0.25, 0.3) is 11.1 Å². The van der Waals surface area contributed by atoms with Crippen LogP contribution in [0.5, 0.6) is 0 Å². The van der Waals surface area contributed by atoms with E-state index in [-0.39, 0.29) is 0 Å². The van der Waals surface area contributed by atoms with E-state index in [9.17, 15) is 9.90 Å². The van der Waals surface area contributed by atoms with Gasteiger partial charge < -0.3 is 9.52 Å². The molecule has 0 saturated heterocycles. The molecule has 2 aromatic heterocycles. The van der Waals surface area contributed by atoms with Gasteiger partial charge in [-0.1, -0.05) is 12.1 Å². The Balaban J connectivity index is 2.11. The molecule has 3 aromatic rings. The van der Waals surface area contributed by atoms with Gasteiger partial charge in [0.2, 0.25) is 0 Å². The van der Waals surface area contributed by atoms with Gasteiger partial charge in [-0.2, -0.15) is 0 Å². The van der Waals surface area contributed by atoms with Crippen LogP contribution < -0.4 is 5.76 Å². The van der Waals surface area contributed by atoms with Gasteiger partial charge in [0.15, 0.2) is 5.58 Å². The number of hydrogen-bond acceptors (Lipinski definition) is 4. The minimum Gasteiger partial charge on any atom is -0.408 e. The monoisotopic (exact) mass is 261 g/mol. The number of oxazole rings is 1. The predicted octanol–water partition coefficient (Wildman–Crippen LogP) is 2.27. The Bertz CT molecular complexity index is 739. The van der Waals surface area contributed by atoms with Crippen molar-refractivity contribution in [2.45, 2.75) is 6.10 Å². The Morgan fingerprint density at radius 3 is 2.94 bits per heavy atom. The van der Waals surface area contributed by atoms with E-state index in [4.69, 9.17) is 4.42 Å². The lowest BCUT2D eigenvalue weighted by Crippen LogP contribution is -2.08. The van der Waals surface area contributed by atoms with Gasteiger partial charge in [0.1, 0.15) is 6.10 Å². The maximum absolute atomic E-state index is 11.4. The Morgan fingerprint density at radius 1 is 1.39 bits per heavy atom. The lowest BCUT2D eigenvalue weighted by Gasteiger charge is -2.08. The summed E-state index contributed by atoms with van der Waals surface area (Å²) < 4.78 is 6.55. The van der Waals surface area contributed by atoms with E-state index in [2.05, 4.69) is 0 Å². The SMILES string of the molecule is Cn1c(=O)oc2cc(C(O)c3cccs3)ccc21. The molecule has 0 fully saturated rings. The molecule has 1 N–H and O–H groups in total. The number of rotatable bonds is 2. The van der Waals surface area contributed by atoms with Crippen LogP contribution in [0, 0.1) is 0 Å². The minimum absolute atomic E-state index is 0.396. The molecule has 1 unspecified atom stereocenters. The molecule has 4 nitrogen and oxygen atoms in total. The number of nitrogens with zero attached hydrogens (tertiary/aromatic N) is 1. The van der Waals surface area contributed by atoms with Gasteiger partial charge in [0, 0.05) is 11.9 Å². The van der Waals surface area contributed by atoms with E-state index in [1.807, 2.05) is 23.6 Å². The molecule has 0 spiro atoms. The van der Waals surface area contributed by atoms with Crippen molar-refractivity contribution in [1.29, 1.82) is 0 Å². The van der Waals surface area contributed by atoms with Gasteiger partial charge in [-0.05, 0) is 29.1 Å². The van der Waals surface area contributed by atoms with Gasteiger partial charge in [-0.3, -0.25) is 4.57 Å². The van der Waals surface area contributed by atoms with Crippen LogP contribution >= 0.6 is 11.3 Å². The van der Waals surface area contributed by atoms with E-state index >= 15 is 0 Å². The summed E-state index contributed by atoms with van der Waals surface area (Å²) in [5, 5.41) is 12.1. The largest absolute Gasteiger partial charge is 0.419 e. The van der Waals surface area contributed by atoms with Crippen LogP contribution in [0.1, 0.15) is 16.5 Å². The van der Waals surface area contributed by atoms with Gasteiger partial charge in [0.05, 0.1) is 5.52 Å². The average molecular weight is 261 g/mol. The number of thiophene rings is 1. The van der Waals surface area contributed by atoms with Crippen molar-refractivity contribution < 1.29 is 9.52 Å². The Morgan fingerprint density at radius 2 is 2.22 bits per heavy atom. The highest BCUT2D eigenvalue weighted by molar-refractivity contribution is 7.10. The Hall–Kier alpha value is -1.85. The van der Waals surface area contributed by atoms with E-state index < -0.39 is 11.9 Å². The third-order valence-corrected chi connectivity index (χ3v) is 3.87. The molecule has 0 saturated carbocycles. The minimum atomic E-state index is -0.681. The first kappa shape index (κ1) is 11.3. The van der Waals surface area contributed by atoms with E-state index in [0.29, 0.717) is 5.58 Å². The second kappa shape index (κ2) is 4.12. The highest BCUT2D eigenvalue weighted by Crippen LogP contribution is 2.27. The number of aliphatic hydroxyl groups excluding tert-OH is 1. The number of aromatic nitrogens is 1. The normalized spacial score (nSPS) is 13.0. The van der Waals surface area contributed by atoms with Crippen molar-refractivity contribution in [2.75, 3.05) is 0 Å². The van der Waals surface area contributed by atoms with Crippen LogP contribution in [-0.2, 0) is 7.05 Å². The summed E-state index contributed by atoms with van der Waals surface area (Å²) in [4.78, 5) is 12.3. The molecule has 5 heteroatoms. The van der Waals surface area contributed by atoms with E-state index in [1.165, 1.54) is 15.9 Å². The number of fused-ring (bicyclic) bond motifs is 1. The first-order valence-corrected chi connectivity index (χ1v) is 6.36. The first-order chi connectivity index (χ1) is 8.66. The van der Waals surface area contributed by atoms with Crippen LogP contribution in [0.2, 0.25) is 0 Å². The average Bonchev–Trinajstić information content (AvgIpc) is 2.98. The number of benzene rings is 1.